The number of para-hydroxylation sites is 2. The van der Waals surface area contributed by atoms with Crippen molar-refractivity contribution in [3.05, 3.63) is 78.4 Å². The highest BCUT2D eigenvalue weighted by atomic mass is 19.4. The van der Waals surface area contributed by atoms with E-state index in [1.807, 2.05) is 42.5 Å². The molecule has 4 aromatic rings. The number of aromatic nitrogens is 2. The lowest BCUT2D eigenvalue weighted by Gasteiger charge is -2.11. The summed E-state index contributed by atoms with van der Waals surface area (Å²) < 4.78 is 39.1. The van der Waals surface area contributed by atoms with Crippen molar-refractivity contribution in [3.63, 3.8) is 0 Å². The maximum atomic E-state index is 13.0. The van der Waals surface area contributed by atoms with E-state index in [2.05, 4.69) is 9.97 Å². The molecule has 0 saturated carbocycles. The third-order valence-electron chi connectivity index (χ3n) is 4.07. The second kappa shape index (κ2) is 5.77. The summed E-state index contributed by atoms with van der Waals surface area (Å²) in [4.78, 5) is 7.80. The Morgan fingerprint density at radius 2 is 1.48 bits per heavy atom. The normalized spacial score (nSPS) is 11.8. The van der Waals surface area contributed by atoms with Gasteiger partial charge in [0, 0.05) is 5.56 Å². The third kappa shape index (κ3) is 2.89. The molecule has 0 atom stereocenters. The van der Waals surface area contributed by atoms with Crippen LogP contribution in [0.1, 0.15) is 5.56 Å². The molecule has 3 aromatic carbocycles. The van der Waals surface area contributed by atoms with Gasteiger partial charge in [0.15, 0.2) is 0 Å². The Kier molecular flexibility index (Phi) is 3.57. The average Bonchev–Trinajstić information content (AvgIpc) is 3.05. The molecule has 2 nitrogen and oxygen atoms in total. The third-order valence-corrected chi connectivity index (χ3v) is 4.07. The lowest BCUT2D eigenvalue weighted by Crippen LogP contribution is -2.04. The van der Waals surface area contributed by atoms with Crippen LogP contribution in [0.4, 0.5) is 13.2 Å². The van der Waals surface area contributed by atoms with E-state index in [0.29, 0.717) is 17.0 Å². The Morgan fingerprint density at radius 1 is 0.760 bits per heavy atom. The fourth-order valence-electron chi connectivity index (χ4n) is 2.88. The first-order valence-corrected chi connectivity index (χ1v) is 7.74. The van der Waals surface area contributed by atoms with Crippen LogP contribution in [0, 0.1) is 0 Å². The molecule has 5 heteroatoms. The summed E-state index contributed by atoms with van der Waals surface area (Å²) >= 11 is 0. The van der Waals surface area contributed by atoms with E-state index < -0.39 is 11.7 Å². The first-order valence-electron chi connectivity index (χ1n) is 7.74. The van der Waals surface area contributed by atoms with Gasteiger partial charge in [0.2, 0.25) is 0 Å². The Labute approximate surface area is 142 Å². The molecule has 0 unspecified atom stereocenters. The monoisotopic (exact) mass is 338 g/mol. The first-order chi connectivity index (χ1) is 12.0. The van der Waals surface area contributed by atoms with Crippen molar-refractivity contribution < 1.29 is 13.2 Å². The molecular formula is C20H13F3N2. The summed E-state index contributed by atoms with van der Waals surface area (Å²) in [5.74, 6) is 0.634. The second-order valence-corrected chi connectivity index (χ2v) is 5.73. The molecule has 0 saturated heterocycles. The summed E-state index contributed by atoms with van der Waals surface area (Å²) in [6.07, 6.45) is -4.37. The van der Waals surface area contributed by atoms with Gasteiger partial charge in [-0.05, 0) is 35.4 Å². The van der Waals surface area contributed by atoms with E-state index >= 15 is 0 Å². The molecule has 0 aliphatic rings. The summed E-state index contributed by atoms with van der Waals surface area (Å²) in [7, 11) is 0. The lowest BCUT2D eigenvalue weighted by atomic mass is 9.97. The van der Waals surface area contributed by atoms with Crippen molar-refractivity contribution in [2.75, 3.05) is 0 Å². The van der Waals surface area contributed by atoms with Crippen molar-refractivity contribution >= 4 is 11.0 Å². The minimum Gasteiger partial charge on any atom is -0.338 e. The van der Waals surface area contributed by atoms with E-state index in [1.165, 1.54) is 12.1 Å². The van der Waals surface area contributed by atoms with Crippen molar-refractivity contribution in [3.8, 4) is 22.5 Å². The Bertz CT molecular complexity index is 1010. The molecule has 0 spiro atoms. The van der Waals surface area contributed by atoms with Crippen LogP contribution < -0.4 is 0 Å². The number of hydrogen-bond donors (Lipinski definition) is 1. The highest BCUT2D eigenvalue weighted by molar-refractivity contribution is 5.85. The van der Waals surface area contributed by atoms with Crippen LogP contribution in [0.2, 0.25) is 0 Å². The molecule has 0 aliphatic carbocycles. The van der Waals surface area contributed by atoms with Crippen LogP contribution in [0.25, 0.3) is 33.5 Å². The molecule has 4 rings (SSSR count). The minimum atomic E-state index is -4.37. The van der Waals surface area contributed by atoms with Crippen molar-refractivity contribution in [2.45, 2.75) is 6.18 Å². The minimum absolute atomic E-state index is 0.505. The number of H-pyrrole nitrogens is 1. The van der Waals surface area contributed by atoms with Crippen molar-refractivity contribution in [1.29, 1.82) is 0 Å². The number of fused-ring (bicyclic) bond motifs is 1. The van der Waals surface area contributed by atoms with Gasteiger partial charge in [0.25, 0.3) is 0 Å². The molecule has 1 N–H and O–H groups in total. The van der Waals surface area contributed by atoms with Crippen LogP contribution in [0.15, 0.2) is 72.8 Å². The number of imidazole rings is 1. The average molecular weight is 338 g/mol. The van der Waals surface area contributed by atoms with Gasteiger partial charge in [-0.25, -0.2) is 4.98 Å². The smallest absolute Gasteiger partial charge is 0.338 e. The Balaban J connectivity index is 1.87. The highest BCUT2D eigenvalue weighted by Gasteiger charge is 2.30. The fourth-order valence-corrected chi connectivity index (χ4v) is 2.88. The van der Waals surface area contributed by atoms with Crippen molar-refractivity contribution in [1.82, 2.24) is 9.97 Å². The van der Waals surface area contributed by atoms with Gasteiger partial charge in [-0.2, -0.15) is 13.2 Å². The number of benzene rings is 3. The van der Waals surface area contributed by atoms with Gasteiger partial charge < -0.3 is 4.98 Å². The first kappa shape index (κ1) is 15.4. The molecule has 0 fully saturated rings. The van der Waals surface area contributed by atoms with Crippen LogP contribution in [0.5, 0.6) is 0 Å². The zero-order valence-electron chi connectivity index (χ0n) is 13.0. The van der Waals surface area contributed by atoms with Gasteiger partial charge in [-0.3, -0.25) is 0 Å². The Hall–Kier alpha value is -3.08. The molecule has 0 amide bonds. The van der Waals surface area contributed by atoms with Gasteiger partial charge in [-0.15, -0.1) is 0 Å². The standard InChI is InChI=1S/C20H13F3N2/c21-20(22,23)14-7-5-6-13(12-14)15-8-1-2-9-16(15)19-24-17-10-3-4-11-18(17)25-19/h1-12H,(H,24,25). The summed E-state index contributed by atoms with van der Waals surface area (Å²) in [5, 5.41) is 0. The number of nitrogens with one attached hydrogen (secondary N) is 1. The maximum Gasteiger partial charge on any atom is 0.416 e. The van der Waals surface area contributed by atoms with E-state index in [1.54, 1.807) is 12.1 Å². The predicted molar refractivity (Wildman–Crippen MR) is 92.0 cm³/mol. The molecule has 1 aromatic heterocycles. The largest absolute Gasteiger partial charge is 0.416 e. The summed E-state index contributed by atoms with van der Waals surface area (Å²) in [5.41, 5.74) is 3.01. The number of hydrogen-bond acceptors (Lipinski definition) is 1. The van der Waals surface area contributed by atoms with E-state index in [9.17, 15) is 13.2 Å². The quantitative estimate of drug-likeness (QED) is 0.483. The van der Waals surface area contributed by atoms with Crippen LogP contribution in [-0.2, 0) is 6.18 Å². The predicted octanol–water partition coefficient (Wildman–Crippen LogP) is 5.92. The molecule has 124 valence electrons. The second-order valence-electron chi connectivity index (χ2n) is 5.73. The molecule has 0 bridgehead atoms. The van der Waals surface area contributed by atoms with E-state index in [4.69, 9.17) is 0 Å². The SMILES string of the molecule is FC(F)(F)c1cccc(-c2ccccc2-c2nc3ccccc3[nH]2)c1. The van der Waals surface area contributed by atoms with Gasteiger partial charge >= 0.3 is 6.18 Å². The number of rotatable bonds is 2. The number of alkyl halides is 3. The number of nitrogens with zero attached hydrogens (tertiary/aromatic N) is 1. The fraction of sp³-hybridized carbons (Fsp3) is 0.0500. The molecular weight excluding hydrogens is 325 g/mol. The van der Waals surface area contributed by atoms with Crippen LogP contribution in [-0.4, -0.2) is 9.97 Å². The number of halogens is 3. The maximum absolute atomic E-state index is 13.0. The zero-order valence-corrected chi connectivity index (χ0v) is 13.0. The van der Waals surface area contributed by atoms with Crippen molar-refractivity contribution in [2.24, 2.45) is 0 Å². The Morgan fingerprint density at radius 3 is 2.24 bits per heavy atom. The lowest BCUT2D eigenvalue weighted by molar-refractivity contribution is -0.137. The van der Waals surface area contributed by atoms with Gasteiger partial charge in [-0.1, -0.05) is 48.5 Å². The number of aromatic amines is 1. The van der Waals surface area contributed by atoms with Gasteiger partial charge in [0.1, 0.15) is 5.82 Å². The molecule has 0 aliphatic heterocycles. The van der Waals surface area contributed by atoms with E-state index in [-0.39, 0.29) is 0 Å². The molecule has 25 heavy (non-hydrogen) atoms. The van der Waals surface area contributed by atoms with Crippen LogP contribution >= 0.6 is 0 Å². The van der Waals surface area contributed by atoms with E-state index in [0.717, 1.165) is 22.7 Å². The zero-order chi connectivity index (χ0) is 17.4. The molecule has 1 heterocycles. The topological polar surface area (TPSA) is 28.7 Å². The molecule has 0 radical (unpaired) electrons. The summed E-state index contributed by atoms with van der Waals surface area (Å²) in [6.45, 7) is 0. The van der Waals surface area contributed by atoms with Crippen LogP contribution in [0.3, 0.4) is 0 Å². The highest BCUT2D eigenvalue weighted by Crippen LogP contribution is 2.35. The van der Waals surface area contributed by atoms with Gasteiger partial charge in [0.05, 0.1) is 16.6 Å². The summed E-state index contributed by atoms with van der Waals surface area (Å²) in [6, 6.07) is 20.3.